The molecular weight excluding hydrogens is 548 g/mol. The molecule has 0 atom stereocenters. The van der Waals surface area contributed by atoms with Crippen LogP contribution in [0.3, 0.4) is 0 Å². The van der Waals surface area contributed by atoms with Gasteiger partial charge in [-0.1, -0.05) is 12.1 Å². The highest BCUT2D eigenvalue weighted by molar-refractivity contribution is 8.18. The van der Waals surface area contributed by atoms with E-state index in [1.165, 1.54) is 4.90 Å². The Labute approximate surface area is 241 Å². The molecule has 1 aromatic heterocycles. The van der Waals surface area contributed by atoms with Crippen molar-refractivity contribution in [1.82, 2.24) is 9.47 Å². The molecule has 2 aromatic carbocycles. The molecule has 2 saturated heterocycles. The van der Waals surface area contributed by atoms with Crippen LogP contribution in [-0.2, 0) is 9.53 Å². The Balaban J connectivity index is 1.35. The van der Waals surface area contributed by atoms with E-state index in [-0.39, 0.29) is 34.9 Å². The summed E-state index contributed by atoms with van der Waals surface area (Å²) in [6, 6.07) is 14.3. The number of anilines is 1. The molecule has 0 spiro atoms. The fourth-order valence-corrected chi connectivity index (χ4v) is 5.87. The monoisotopic (exact) mass is 578 g/mol. The summed E-state index contributed by atoms with van der Waals surface area (Å²) in [5.74, 6) is 0.708. The number of aryl methyl sites for hydroxylation is 1. The van der Waals surface area contributed by atoms with Gasteiger partial charge >= 0.3 is 0 Å². The van der Waals surface area contributed by atoms with Crippen molar-refractivity contribution in [3.8, 4) is 17.2 Å². The number of hydrogen-bond acceptors (Lipinski definition) is 9. The van der Waals surface area contributed by atoms with Crippen LogP contribution in [0.25, 0.3) is 11.8 Å². The summed E-state index contributed by atoms with van der Waals surface area (Å²) in [7, 11) is 1.54. The number of nitro groups is 1. The largest absolute Gasteiger partial charge is 0.493 e. The first-order chi connectivity index (χ1) is 19.8. The number of thioether (sulfide) groups is 1. The van der Waals surface area contributed by atoms with Crippen molar-refractivity contribution in [2.45, 2.75) is 13.8 Å². The predicted molar refractivity (Wildman–Crippen MR) is 156 cm³/mol. The minimum Gasteiger partial charge on any atom is -0.493 e. The highest BCUT2D eigenvalue weighted by Crippen LogP contribution is 2.36. The first-order valence-electron chi connectivity index (χ1n) is 13.1. The summed E-state index contributed by atoms with van der Waals surface area (Å²) >= 11 is 0.878. The number of rotatable bonds is 9. The van der Waals surface area contributed by atoms with Gasteiger partial charge in [-0.25, -0.2) is 0 Å². The number of imide groups is 1. The number of benzene rings is 2. The molecule has 0 unspecified atom stereocenters. The van der Waals surface area contributed by atoms with Crippen molar-refractivity contribution < 1.29 is 28.7 Å². The van der Waals surface area contributed by atoms with Gasteiger partial charge in [0.2, 0.25) is 0 Å². The molecule has 5 rings (SSSR count). The van der Waals surface area contributed by atoms with Crippen molar-refractivity contribution in [3.63, 3.8) is 0 Å². The van der Waals surface area contributed by atoms with Crippen LogP contribution in [0.5, 0.6) is 11.5 Å². The smallest absolute Gasteiger partial charge is 0.294 e. The zero-order valence-electron chi connectivity index (χ0n) is 23.0. The lowest BCUT2D eigenvalue weighted by atomic mass is 10.2. The van der Waals surface area contributed by atoms with Crippen molar-refractivity contribution in [1.29, 1.82) is 0 Å². The second-order valence-electron chi connectivity index (χ2n) is 9.52. The summed E-state index contributed by atoms with van der Waals surface area (Å²) in [6.07, 6.45) is 1.70. The molecule has 3 aromatic rings. The highest BCUT2D eigenvalue weighted by Gasteiger charge is 2.35. The maximum atomic E-state index is 13.1. The zero-order valence-corrected chi connectivity index (χ0v) is 23.8. The third-order valence-electron chi connectivity index (χ3n) is 7.04. The van der Waals surface area contributed by atoms with E-state index in [0.717, 1.165) is 28.7 Å². The summed E-state index contributed by atoms with van der Waals surface area (Å²) in [5.41, 5.74) is 3.61. The molecule has 41 heavy (non-hydrogen) atoms. The van der Waals surface area contributed by atoms with E-state index in [9.17, 15) is 19.7 Å². The SMILES string of the molecule is COc1ccccc1OCCN1C(=O)S/C(=C\c2cc(C)n(-c3ccc(N4CCOCC4)c([N+](=O)[O-])c3)c2C)C1=O. The van der Waals surface area contributed by atoms with Gasteiger partial charge in [0.1, 0.15) is 12.3 Å². The fourth-order valence-electron chi connectivity index (χ4n) is 5.02. The number of aromatic nitrogens is 1. The number of ether oxygens (including phenoxy) is 3. The minimum absolute atomic E-state index is 0.0231. The third kappa shape index (κ3) is 5.79. The van der Waals surface area contributed by atoms with Crippen LogP contribution in [0, 0.1) is 24.0 Å². The van der Waals surface area contributed by atoms with Crippen LogP contribution in [0.2, 0.25) is 0 Å². The molecule has 2 amide bonds. The van der Waals surface area contributed by atoms with E-state index in [1.807, 2.05) is 47.6 Å². The second kappa shape index (κ2) is 12.1. The summed E-state index contributed by atoms with van der Waals surface area (Å²) < 4.78 is 18.3. The van der Waals surface area contributed by atoms with E-state index in [1.54, 1.807) is 37.5 Å². The Kier molecular flexibility index (Phi) is 8.31. The van der Waals surface area contributed by atoms with E-state index in [2.05, 4.69) is 0 Å². The highest BCUT2D eigenvalue weighted by atomic mass is 32.2. The normalized spacial score (nSPS) is 16.5. The average molecular weight is 579 g/mol. The van der Waals surface area contributed by atoms with E-state index < -0.39 is 0 Å². The van der Waals surface area contributed by atoms with Gasteiger partial charge in [-0.3, -0.25) is 24.6 Å². The fraction of sp³-hybridized carbons (Fsp3) is 0.310. The number of carbonyl (C=O) groups excluding carboxylic acids is 2. The molecule has 0 aliphatic carbocycles. The molecule has 3 heterocycles. The lowest BCUT2D eigenvalue weighted by Gasteiger charge is -2.28. The quantitative estimate of drug-likeness (QED) is 0.197. The molecule has 0 saturated carbocycles. The van der Waals surface area contributed by atoms with Gasteiger partial charge < -0.3 is 23.7 Å². The predicted octanol–water partition coefficient (Wildman–Crippen LogP) is 4.96. The number of nitro benzene ring substituents is 1. The number of hydrogen-bond donors (Lipinski definition) is 0. The summed E-state index contributed by atoms with van der Waals surface area (Å²) in [4.78, 5) is 40.8. The van der Waals surface area contributed by atoms with Crippen LogP contribution in [0.4, 0.5) is 16.2 Å². The van der Waals surface area contributed by atoms with E-state index in [4.69, 9.17) is 14.2 Å². The standard InChI is InChI=1S/C29H30N4O7S/c1-19-16-21(17-27-28(34)31(29(35)41-27)12-15-40-26-7-5-4-6-25(26)38-3)20(2)32(19)22-8-9-23(24(18-22)33(36)37)30-10-13-39-14-11-30/h4-9,16-18H,10-15H2,1-3H3/b27-17-. The molecular formula is C29H30N4O7S. The number of methoxy groups -OCH3 is 1. The van der Waals surface area contributed by atoms with Gasteiger partial charge in [0.25, 0.3) is 16.8 Å². The van der Waals surface area contributed by atoms with Gasteiger partial charge in [0, 0.05) is 30.5 Å². The molecule has 2 aliphatic heterocycles. The zero-order chi connectivity index (χ0) is 29.1. The number of para-hydroxylation sites is 2. The molecule has 11 nitrogen and oxygen atoms in total. The number of amides is 2. The van der Waals surface area contributed by atoms with Gasteiger partial charge in [-0.2, -0.15) is 0 Å². The average Bonchev–Trinajstić information content (AvgIpc) is 3.41. The van der Waals surface area contributed by atoms with E-state index >= 15 is 0 Å². The topological polar surface area (TPSA) is 116 Å². The maximum Gasteiger partial charge on any atom is 0.294 e. The van der Waals surface area contributed by atoms with Crippen LogP contribution >= 0.6 is 11.8 Å². The molecule has 2 fully saturated rings. The Hall–Kier alpha value is -4.29. The van der Waals surface area contributed by atoms with Crippen molar-refractivity contribution in [2.24, 2.45) is 0 Å². The summed E-state index contributed by atoms with van der Waals surface area (Å²) in [6.45, 7) is 6.23. The summed E-state index contributed by atoms with van der Waals surface area (Å²) in [5, 5.41) is 11.6. The van der Waals surface area contributed by atoms with Crippen molar-refractivity contribution >= 4 is 40.4 Å². The Morgan fingerprint density at radius 2 is 1.80 bits per heavy atom. The number of nitrogens with zero attached hydrogens (tertiary/aromatic N) is 4. The third-order valence-corrected chi connectivity index (χ3v) is 7.95. The van der Waals surface area contributed by atoms with Gasteiger partial charge in [-0.15, -0.1) is 0 Å². The number of morpholine rings is 1. The first-order valence-corrected chi connectivity index (χ1v) is 13.9. The molecule has 2 aliphatic rings. The molecule has 0 radical (unpaired) electrons. The molecule has 12 heteroatoms. The van der Waals surface area contributed by atoms with Crippen molar-refractivity contribution in [3.05, 3.63) is 80.5 Å². The van der Waals surface area contributed by atoms with Crippen LogP contribution in [0.15, 0.2) is 53.4 Å². The Morgan fingerprint density at radius 1 is 1.07 bits per heavy atom. The second-order valence-corrected chi connectivity index (χ2v) is 10.5. The lowest BCUT2D eigenvalue weighted by Crippen LogP contribution is -2.36. The van der Waals surface area contributed by atoms with Crippen LogP contribution in [0.1, 0.15) is 17.0 Å². The Morgan fingerprint density at radius 3 is 2.51 bits per heavy atom. The molecule has 0 N–H and O–H groups in total. The molecule has 0 bridgehead atoms. The maximum absolute atomic E-state index is 13.1. The lowest BCUT2D eigenvalue weighted by molar-refractivity contribution is -0.384. The van der Waals surface area contributed by atoms with Crippen LogP contribution in [-0.4, -0.2) is 72.1 Å². The number of carbonyl (C=O) groups is 2. The Bertz CT molecular complexity index is 1530. The van der Waals surface area contributed by atoms with Crippen molar-refractivity contribution in [2.75, 3.05) is 51.5 Å². The van der Waals surface area contributed by atoms with Gasteiger partial charge in [0.05, 0.1) is 42.4 Å². The van der Waals surface area contributed by atoms with E-state index in [0.29, 0.717) is 54.1 Å². The van der Waals surface area contributed by atoms with Gasteiger partial charge in [0.15, 0.2) is 11.5 Å². The molecule has 214 valence electrons. The van der Waals surface area contributed by atoms with Crippen LogP contribution < -0.4 is 14.4 Å². The minimum atomic E-state index is -0.390. The van der Waals surface area contributed by atoms with Gasteiger partial charge in [-0.05, 0) is 67.6 Å². The first kappa shape index (κ1) is 28.2.